The lowest BCUT2D eigenvalue weighted by Crippen LogP contribution is -2.33. The minimum Gasteiger partial charge on any atom is -0.468 e. The van der Waals surface area contributed by atoms with E-state index < -0.39 is 10.8 Å². The lowest BCUT2D eigenvalue weighted by molar-refractivity contribution is -0.139. The number of rotatable bonds is 4. The monoisotopic (exact) mass is 397 g/mol. The van der Waals surface area contributed by atoms with E-state index in [1.165, 1.54) is 7.11 Å². The van der Waals surface area contributed by atoms with Gasteiger partial charge >= 0.3 is 5.97 Å². The zero-order valence-corrected chi connectivity index (χ0v) is 13.3. The minimum atomic E-state index is -0.575. The van der Waals surface area contributed by atoms with Crippen LogP contribution in [0.1, 0.15) is 10.4 Å². The van der Waals surface area contributed by atoms with Gasteiger partial charge in [-0.15, -0.1) is 0 Å². The second-order valence-electron chi connectivity index (χ2n) is 3.36. The Morgan fingerprint density at radius 2 is 2.11 bits per heavy atom. The fraction of sp³-hybridized carbons (Fsp3) is 0.273. The van der Waals surface area contributed by atoms with Crippen molar-refractivity contribution in [1.82, 2.24) is 5.32 Å². The molecule has 1 N–H and O–H groups in total. The van der Waals surface area contributed by atoms with Crippen LogP contribution in [0.3, 0.4) is 0 Å². The molecule has 1 aromatic rings. The van der Waals surface area contributed by atoms with Crippen LogP contribution in [0.2, 0.25) is 5.02 Å². The predicted molar refractivity (Wildman–Crippen MR) is 76.2 cm³/mol. The largest absolute Gasteiger partial charge is 0.468 e. The zero-order valence-electron chi connectivity index (χ0n) is 9.38. The van der Waals surface area contributed by atoms with Crippen molar-refractivity contribution in [1.29, 1.82) is 0 Å². The van der Waals surface area contributed by atoms with E-state index in [2.05, 4.69) is 41.9 Å². The number of esters is 1. The highest BCUT2D eigenvalue weighted by Gasteiger charge is 2.16. The van der Waals surface area contributed by atoms with Crippen LogP contribution in [-0.2, 0) is 9.53 Å². The molecule has 1 atom stereocenters. The molecule has 0 aliphatic heterocycles. The number of hydrogen-bond acceptors (Lipinski definition) is 3. The van der Waals surface area contributed by atoms with Crippen LogP contribution in [0.4, 0.5) is 0 Å². The number of benzene rings is 1. The number of hydrogen-bond donors (Lipinski definition) is 1. The number of carbonyl (C=O) groups is 2. The molecule has 0 spiro atoms. The second-order valence-corrected chi connectivity index (χ2v) is 5.82. The highest BCUT2D eigenvalue weighted by atomic mass is 79.9. The summed E-state index contributed by atoms with van der Waals surface area (Å²) in [7, 11) is 1.28. The van der Waals surface area contributed by atoms with E-state index in [1.807, 2.05) is 0 Å². The molecule has 1 unspecified atom stereocenters. The zero-order chi connectivity index (χ0) is 13.7. The summed E-state index contributed by atoms with van der Waals surface area (Å²) in [5.74, 6) is -0.755. The summed E-state index contributed by atoms with van der Waals surface area (Å²) in [5.41, 5.74) is 0.416. The van der Waals surface area contributed by atoms with Crippen LogP contribution in [0.15, 0.2) is 22.7 Å². The Morgan fingerprint density at radius 1 is 1.44 bits per heavy atom. The van der Waals surface area contributed by atoms with Gasteiger partial charge in [-0.2, -0.15) is 0 Å². The van der Waals surface area contributed by atoms with Crippen LogP contribution in [-0.4, -0.2) is 30.4 Å². The molecule has 1 amide bonds. The Kier molecular flexibility index (Phi) is 6.11. The van der Waals surface area contributed by atoms with E-state index in [0.29, 0.717) is 15.1 Å². The maximum atomic E-state index is 11.8. The average Bonchev–Trinajstić information content (AvgIpc) is 2.33. The first-order valence-electron chi connectivity index (χ1n) is 4.90. The maximum Gasteiger partial charge on any atom is 0.321 e. The summed E-state index contributed by atoms with van der Waals surface area (Å²) < 4.78 is 5.23. The third-order valence-electron chi connectivity index (χ3n) is 2.02. The van der Waals surface area contributed by atoms with Gasteiger partial charge in [0.05, 0.1) is 7.11 Å². The van der Waals surface area contributed by atoms with Gasteiger partial charge in [0.2, 0.25) is 0 Å². The third-order valence-corrected chi connectivity index (χ3v) is 3.40. The van der Waals surface area contributed by atoms with Gasteiger partial charge in [0.15, 0.2) is 0 Å². The number of halogens is 3. The Hall–Kier alpha value is -0.590. The molecule has 0 heterocycles. The van der Waals surface area contributed by atoms with Gasteiger partial charge in [0.1, 0.15) is 4.83 Å². The van der Waals surface area contributed by atoms with E-state index in [4.69, 9.17) is 11.6 Å². The molecule has 0 aliphatic carbocycles. The molecule has 1 rings (SSSR count). The molecule has 0 fully saturated rings. The van der Waals surface area contributed by atoms with Crippen molar-refractivity contribution in [3.63, 3.8) is 0 Å². The molecule has 0 aromatic heterocycles. The smallest absolute Gasteiger partial charge is 0.321 e. The fourth-order valence-electron chi connectivity index (χ4n) is 1.18. The van der Waals surface area contributed by atoms with E-state index in [0.717, 1.165) is 0 Å². The van der Waals surface area contributed by atoms with Gasteiger partial charge in [-0.05, 0) is 18.2 Å². The lowest BCUT2D eigenvalue weighted by Gasteiger charge is -2.09. The van der Waals surface area contributed by atoms with Crippen molar-refractivity contribution in [3.05, 3.63) is 33.3 Å². The summed E-state index contributed by atoms with van der Waals surface area (Å²) in [6, 6.07) is 4.87. The number of alkyl halides is 1. The van der Waals surface area contributed by atoms with Gasteiger partial charge < -0.3 is 10.1 Å². The molecule has 0 saturated carbocycles. The molecular formula is C11H10Br2ClNO3. The Bertz CT molecular complexity index is 447. The fourth-order valence-corrected chi connectivity index (χ4v) is 2.39. The molecular weight excluding hydrogens is 389 g/mol. The summed E-state index contributed by atoms with van der Waals surface area (Å²) in [5, 5.41) is 3.06. The van der Waals surface area contributed by atoms with Crippen LogP contribution in [0.25, 0.3) is 0 Å². The van der Waals surface area contributed by atoms with Crippen molar-refractivity contribution in [2.75, 3.05) is 13.7 Å². The van der Waals surface area contributed by atoms with Crippen molar-refractivity contribution < 1.29 is 14.3 Å². The lowest BCUT2D eigenvalue weighted by atomic mass is 10.2. The van der Waals surface area contributed by atoms with E-state index in [9.17, 15) is 9.59 Å². The van der Waals surface area contributed by atoms with Gasteiger partial charge in [-0.1, -0.05) is 43.5 Å². The van der Waals surface area contributed by atoms with Gasteiger partial charge in [0, 0.05) is 21.6 Å². The number of nitrogens with one attached hydrogen (secondary N) is 1. The quantitative estimate of drug-likeness (QED) is 0.626. The van der Waals surface area contributed by atoms with Crippen molar-refractivity contribution in [2.24, 2.45) is 0 Å². The molecule has 0 radical (unpaired) electrons. The molecule has 4 nitrogen and oxygen atoms in total. The van der Waals surface area contributed by atoms with E-state index in [-0.39, 0.29) is 12.5 Å². The summed E-state index contributed by atoms with van der Waals surface area (Å²) in [6.07, 6.45) is 0. The minimum absolute atomic E-state index is 0.135. The van der Waals surface area contributed by atoms with Gasteiger partial charge in [-0.3, -0.25) is 9.59 Å². The van der Waals surface area contributed by atoms with Gasteiger partial charge in [-0.25, -0.2) is 0 Å². The number of carbonyl (C=O) groups excluding carboxylic acids is 2. The Morgan fingerprint density at radius 3 is 2.67 bits per heavy atom. The van der Waals surface area contributed by atoms with Crippen LogP contribution < -0.4 is 5.32 Å². The first kappa shape index (κ1) is 15.5. The molecule has 0 bridgehead atoms. The first-order chi connectivity index (χ1) is 8.43. The summed E-state index contributed by atoms with van der Waals surface area (Å²) in [6.45, 7) is 0.135. The second kappa shape index (κ2) is 7.11. The summed E-state index contributed by atoms with van der Waals surface area (Å²) in [4.78, 5) is 22.3. The van der Waals surface area contributed by atoms with E-state index >= 15 is 0 Å². The Labute approximate surface area is 126 Å². The summed E-state index contributed by atoms with van der Waals surface area (Å²) >= 11 is 12.2. The van der Waals surface area contributed by atoms with Gasteiger partial charge in [0.25, 0.3) is 5.91 Å². The van der Waals surface area contributed by atoms with Crippen molar-refractivity contribution in [3.8, 4) is 0 Å². The Balaban J connectivity index is 2.63. The molecule has 98 valence electrons. The molecule has 0 aliphatic rings. The highest BCUT2D eigenvalue weighted by molar-refractivity contribution is 9.10. The topological polar surface area (TPSA) is 55.4 Å². The van der Waals surface area contributed by atoms with Crippen LogP contribution >= 0.6 is 43.5 Å². The average molecular weight is 399 g/mol. The van der Waals surface area contributed by atoms with E-state index in [1.54, 1.807) is 18.2 Å². The SMILES string of the molecule is COC(=O)C(Br)CNC(=O)c1cc(Cl)cc(Br)c1. The molecule has 1 aromatic carbocycles. The van der Waals surface area contributed by atoms with Crippen LogP contribution in [0, 0.1) is 0 Å². The standard InChI is InChI=1S/C11H10Br2ClNO3/c1-18-11(17)9(13)5-15-10(16)6-2-7(12)4-8(14)3-6/h2-4,9H,5H2,1H3,(H,15,16). The van der Waals surface area contributed by atoms with Crippen molar-refractivity contribution in [2.45, 2.75) is 4.83 Å². The molecule has 0 saturated heterocycles. The third kappa shape index (κ3) is 4.59. The molecule has 7 heteroatoms. The van der Waals surface area contributed by atoms with Crippen molar-refractivity contribution >= 4 is 55.3 Å². The molecule has 18 heavy (non-hydrogen) atoms. The first-order valence-corrected chi connectivity index (χ1v) is 6.99. The normalized spacial score (nSPS) is 11.8. The van der Waals surface area contributed by atoms with Crippen LogP contribution in [0.5, 0.6) is 0 Å². The highest BCUT2D eigenvalue weighted by Crippen LogP contribution is 2.19. The maximum absolute atomic E-state index is 11.8. The predicted octanol–water partition coefficient (Wildman–Crippen LogP) is 2.77. The number of methoxy groups -OCH3 is 1. The number of amides is 1. The number of ether oxygens (including phenoxy) is 1.